The van der Waals surface area contributed by atoms with Crippen LogP contribution >= 0.6 is 0 Å². The number of likely N-dealkylation sites (N-methyl/N-ethyl adjacent to an activating group) is 1. The van der Waals surface area contributed by atoms with Crippen LogP contribution in [0.4, 0.5) is 0 Å². The number of amides is 1. The van der Waals surface area contributed by atoms with Gasteiger partial charge >= 0.3 is 0 Å². The van der Waals surface area contributed by atoms with Crippen molar-refractivity contribution in [3.05, 3.63) is 53.9 Å². The second-order valence-electron chi connectivity index (χ2n) is 4.93. The molecule has 1 aromatic carbocycles. The molecule has 7 nitrogen and oxygen atoms in total. The first-order valence-corrected chi connectivity index (χ1v) is 8.06. The van der Waals surface area contributed by atoms with E-state index < -0.39 is 27.4 Å². The van der Waals surface area contributed by atoms with Crippen LogP contribution in [0.1, 0.15) is 5.56 Å². The molecule has 118 valence electrons. The molecule has 0 fully saturated rings. The number of rotatable bonds is 2. The fourth-order valence-electron chi connectivity index (χ4n) is 2.53. The summed E-state index contributed by atoms with van der Waals surface area (Å²) in [7, 11) is -2.82. The number of aromatic nitrogens is 1. The van der Waals surface area contributed by atoms with Crippen LogP contribution in [-0.2, 0) is 14.8 Å². The van der Waals surface area contributed by atoms with Crippen LogP contribution in [-0.4, -0.2) is 35.8 Å². The van der Waals surface area contributed by atoms with Crippen LogP contribution in [0.3, 0.4) is 0 Å². The molecule has 2 aromatic rings. The first-order chi connectivity index (χ1) is 10.9. The number of carbonyl (C=O) groups excluding carboxylic acids is 1. The summed E-state index contributed by atoms with van der Waals surface area (Å²) in [5.41, 5.74) is 5.66. The van der Waals surface area contributed by atoms with Crippen molar-refractivity contribution in [1.82, 2.24) is 9.29 Å². The van der Waals surface area contributed by atoms with Crippen LogP contribution < -0.4 is 5.73 Å². The third kappa shape index (κ3) is 2.15. The predicted molar refractivity (Wildman–Crippen MR) is 83.4 cm³/mol. The predicted octanol–water partition coefficient (Wildman–Crippen LogP) is 1.09. The first-order valence-electron chi connectivity index (χ1n) is 6.62. The second kappa shape index (κ2) is 5.10. The normalized spacial score (nSPS) is 16.1. The van der Waals surface area contributed by atoms with Crippen LogP contribution in [0.25, 0.3) is 17.0 Å². The van der Waals surface area contributed by atoms with Crippen molar-refractivity contribution < 1.29 is 18.3 Å². The average molecular weight is 331 g/mol. The third-order valence-electron chi connectivity index (χ3n) is 3.61. The number of pyridine rings is 1. The molecule has 2 heterocycles. The van der Waals surface area contributed by atoms with Crippen molar-refractivity contribution in [3.63, 3.8) is 0 Å². The van der Waals surface area contributed by atoms with E-state index in [2.05, 4.69) is 4.98 Å². The molecule has 0 saturated heterocycles. The minimum atomic E-state index is -3.99. The average Bonchev–Trinajstić information content (AvgIpc) is 2.53. The van der Waals surface area contributed by atoms with Gasteiger partial charge in [-0.15, -0.1) is 0 Å². The van der Waals surface area contributed by atoms with Crippen LogP contribution in [0, 0.1) is 0 Å². The third-order valence-corrected chi connectivity index (χ3v) is 5.41. The van der Waals surface area contributed by atoms with Gasteiger partial charge in [0.05, 0.1) is 10.6 Å². The van der Waals surface area contributed by atoms with Gasteiger partial charge in [0.1, 0.15) is 0 Å². The molecule has 23 heavy (non-hydrogen) atoms. The van der Waals surface area contributed by atoms with E-state index in [1.165, 1.54) is 13.1 Å². The van der Waals surface area contributed by atoms with Gasteiger partial charge < -0.3 is 10.8 Å². The number of primary amides is 1. The van der Waals surface area contributed by atoms with Gasteiger partial charge in [0.2, 0.25) is 0 Å². The highest BCUT2D eigenvalue weighted by Gasteiger charge is 2.38. The number of sulfonamides is 1. The molecule has 3 rings (SSSR count). The number of nitrogens with two attached hydrogens (primary N) is 1. The van der Waals surface area contributed by atoms with E-state index in [1.807, 2.05) is 0 Å². The zero-order valence-electron chi connectivity index (χ0n) is 12.1. The Kier molecular flexibility index (Phi) is 3.33. The molecule has 1 aliphatic rings. The molecule has 1 amide bonds. The van der Waals surface area contributed by atoms with E-state index in [0.717, 1.165) is 0 Å². The summed E-state index contributed by atoms with van der Waals surface area (Å²) in [5.74, 6) is -1.51. The summed E-state index contributed by atoms with van der Waals surface area (Å²) in [6, 6.07) is 9.67. The minimum absolute atomic E-state index is 0.0260. The maximum absolute atomic E-state index is 12.6. The van der Waals surface area contributed by atoms with Crippen LogP contribution in [0.15, 0.2) is 53.2 Å². The molecule has 1 aliphatic heterocycles. The molecule has 0 radical (unpaired) electrons. The lowest BCUT2D eigenvalue weighted by Crippen LogP contribution is -2.37. The molecule has 0 aliphatic carbocycles. The Morgan fingerprint density at radius 3 is 2.57 bits per heavy atom. The van der Waals surface area contributed by atoms with Crippen molar-refractivity contribution in [3.8, 4) is 11.3 Å². The Balaban J connectivity index is 2.43. The Morgan fingerprint density at radius 2 is 1.96 bits per heavy atom. The SMILES string of the molecule is CN1C(C(N)=O)=C(O)c2c(-c3ccccn3)cccc2S1(=O)=O. The molecular formula is C15H13N3O4S. The standard InChI is InChI=1S/C15H13N3O4S/c1-18-13(15(16)20)14(19)12-9(10-6-2-3-8-17-10)5-4-7-11(12)23(18,21)22/h2-8,19H,1H3,(H2,16,20). The molecule has 3 N–H and O–H groups in total. The molecule has 0 unspecified atom stereocenters. The van der Waals surface area contributed by atoms with Gasteiger partial charge in [-0.2, -0.15) is 0 Å². The summed E-state index contributed by atoms with van der Waals surface area (Å²) in [4.78, 5) is 15.7. The number of benzene rings is 1. The highest BCUT2D eigenvalue weighted by atomic mass is 32.2. The number of aliphatic hydroxyl groups excluding tert-OH is 1. The fraction of sp³-hybridized carbons (Fsp3) is 0.0667. The molecule has 0 saturated carbocycles. The van der Waals surface area contributed by atoms with Gasteiger partial charge in [-0.25, -0.2) is 8.42 Å². The lowest BCUT2D eigenvalue weighted by atomic mass is 10.0. The Morgan fingerprint density at radius 1 is 1.22 bits per heavy atom. The van der Waals surface area contributed by atoms with E-state index in [-0.39, 0.29) is 10.5 Å². The number of carbonyl (C=O) groups is 1. The monoisotopic (exact) mass is 331 g/mol. The van der Waals surface area contributed by atoms with Crippen molar-refractivity contribution in [2.75, 3.05) is 7.05 Å². The van der Waals surface area contributed by atoms with Gasteiger partial charge in [0.25, 0.3) is 15.9 Å². The number of hydrogen-bond donors (Lipinski definition) is 2. The molecule has 0 spiro atoms. The van der Waals surface area contributed by atoms with Gasteiger partial charge in [-0.1, -0.05) is 18.2 Å². The number of fused-ring (bicyclic) bond motifs is 1. The zero-order chi connectivity index (χ0) is 16.8. The minimum Gasteiger partial charge on any atom is -0.505 e. The lowest BCUT2D eigenvalue weighted by molar-refractivity contribution is -0.115. The van der Waals surface area contributed by atoms with Crippen molar-refractivity contribution >= 4 is 21.7 Å². The van der Waals surface area contributed by atoms with E-state index in [9.17, 15) is 18.3 Å². The maximum Gasteiger partial charge on any atom is 0.269 e. The van der Waals surface area contributed by atoms with Crippen molar-refractivity contribution in [1.29, 1.82) is 0 Å². The van der Waals surface area contributed by atoms with E-state index >= 15 is 0 Å². The molecular weight excluding hydrogens is 318 g/mol. The number of nitrogens with zero attached hydrogens (tertiary/aromatic N) is 2. The van der Waals surface area contributed by atoms with Gasteiger partial charge in [-0.3, -0.25) is 14.1 Å². The Labute approximate surface area is 132 Å². The number of hydrogen-bond acceptors (Lipinski definition) is 5. The van der Waals surface area contributed by atoms with Gasteiger partial charge in [0.15, 0.2) is 11.5 Å². The highest BCUT2D eigenvalue weighted by Crippen LogP contribution is 2.39. The molecule has 1 aromatic heterocycles. The topological polar surface area (TPSA) is 114 Å². The summed E-state index contributed by atoms with van der Waals surface area (Å²) < 4.78 is 25.9. The van der Waals surface area contributed by atoms with Crippen molar-refractivity contribution in [2.45, 2.75) is 4.90 Å². The molecule has 0 atom stereocenters. The summed E-state index contributed by atoms with van der Waals surface area (Å²) in [6.45, 7) is 0. The van der Waals surface area contributed by atoms with Crippen molar-refractivity contribution in [2.24, 2.45) is 5.73 Å². The summed E-state index contributed by atoms with van der Waals surface area (Å²) in [5, 5.41) is 10.5. The molecule has 0 bridgehead atoms. The van der Waals surface area contributed by atoms with E-state index in [0.29, 0.717) is 15.6 Å². The lowest BCUT2D eigenvalue weighted by Gasteiger charge is -2.28. The second-order valence-corrected chi connectivity index (χ2v) is 6.87. The smallest absolute Gasteiger partial charge is 0.269 e. The number of aliphatic hydroxyl groups is 1. The summed E-state index contributed by atoms with van der Waals surface area (Å²) in [6.07, 6.45) is 1.55. The largest absolute Gasteiger partial charge is 0.505 e. The fourth-order valence-corrected chi connectivity index (χ4v) is 3.96. The molecule has 8 heteroatoms. The first kappa shape index (κ1) is 15.0. The maximum atomic E-state index is 12.6. The Bertz CT molecular complexity index is 936. The quantitative estimate of drug-likeness (QED) is 0.855. The van der Waals surface area contributed by atoms with Gasteiger partial charge in [-0.05, 0) is 18.2 Å². The van der Waals surface area contributed by atoms with E-state index in [4.69, 9.17) is 5.73 Å². The van der Waals surface area contributed by atoms with Crippen LogP contribution in [0.2, 0.25) is 0 Å². The van der Waals surface area contributed by atoms with Crippen LogP contribution in [0.5, 0.6) is 0 Å². The zero-order valence-corrected chi connectivity index (χ0v) is 12.9. The highest BCUT2D eigenvalue weighted by molar-refractivity contribution is 7.89. The summed E-state index contributed by atoms with van der Waals surface area (Å²) >= 11 is 0. The van der Waals surface area contributed by atoms with E-state index in [1.54, 1.807) is 36.5 Å². The Hall–Kier alpha value is -2.87. The van der Waals surface area contributed by atoms with Gasteiger partial charge in [0, 0.05) is 24.4 Å².